The summed E-state index contributed by atoms with van der Waals surface area (Å²) in [7, 11) is 0. The quantitative estimate of drug-likeness (QED) is 0.410. The molecular formula is C21H34O4. The first-order valence-corrected chi connectivity index (χ1v) is 9.95. The molecule has 0 aromatic carbocycles. The average Bonchev–Trinajstić information content (AvgIpc) is 3.06. The molecule has 0 aromatic heterocycles. The van der Waals surface area contributed by atoms with Crippen molar-refractivity contribution in [3.8, 4) is 0 Å². The van der Waals surface area contributed by atoms with Crippen molar-refractivity contribution in [1.29, 1.82) is 0 Å². The van der Waals surface area contributed by atoms with Crippen LogP contribution in [0.1, 0.15) is 71.1 Å². The monoisotopic (exact) mass is 350 g/mol. The number of carboxylic acid groups (broad SMARTS) is 1. The normalized spacial score (nSPS) is 31.7. The van der Waals surface area contributed by atoms with Crippen LogP contribution >= 0.6 is 0 Å². The lowest BCUT2D eigenvalue weighted by molar-refractivity contribution is -0.137. The molecule has 2 fully saturated rings. The fraction of sp³-hybridized carbons (Fsp3) is 0.762. The fourth-order valence-electron chi connectivity index (χ4n) is 4.46. The zero-order valence-electron chi connectivity index (χ0n) is 15.4. The topological polar surface area (TPSA) is 77.8 Å². The highest BCUT2D eigenvalue weighted by Gasteiger charge is 2.44. The zero-order valence-corrected chi connectivity index (χ0v) is 15.4. The second-order valence-corrected chi connectivity index (χ2v) is 7.81. The van der Waals surface area contributed by atoms with E-state index in [1.165, 1.54) is 5.57 Å². The van der Waals surface area contributed by atoms with Gasteiger partial charge in [-0.15, -0.1) is 0 Å². The molecule has 2 aliphatic rings. The number of rotatable bonds is 10. The first kappa shape index (κ1) is 20.2. The van der Waals surface area contributed by atoms with Crippen molar-refractivity contribution < 1.29 is 20.1 Å². The van der Waals surface area contributed by atoms with Gasteiger partial charge in [-0.05, 0) is 50.4 Å². The summed E-state index contributed by atoms with van der Waals surface area (Å²) < 4.78 is 0. The first-order valence-electron chi connectivity index (χ1n) is 9.95. The van der Waals surface area contributed by atoms with Crippen LogP contribution in [0.2, 0.25) is 0 Å². The van der Waals surface area contributed by atoms with E-state index in [0.29, 0.717) is 18.3 Å². The van der Waals surface area contributed by atoms with Crippen molar-refractivity contribution in [3.63, 3.8) is 0 Å². The highest BCUT2D eigenvalue weighted by Crippen LogP contribution is 2.50. The number of unbranched alkanes of at least 4 members (excludes halogenated alkanes) is 3. The van der Waals surface area contributed by atoms with Gasteiger partial charge in [0.2, 0.25) is 0 Å². The summed E-state index contributed by atoms with van der Waals surface area (Å²) in [6, 6.07) is 0. The molecule has 0 aliphatic heterocycles. The summed E-state index contributed by atoms with van der Waals surface area (Å²) in [5.41, 5.74) is 1.43. The van der Waals surface area contributed by atoms with Gasteiger partial charge < -0.3 is 15.3 Å². The van der Waals surface area contributed by atoms with E-state index in [2.05, 4.69) is 19.1 Å². The third kappa shape index (κ3) is 6.27. The summed E-state index contributed by atoms with van der Waals surface area (Å²) in [6.45, 7) is 2.16. The van der Waals surface area contributed by atoms with Gasteiger partial charge in [-0.1, -0.05) is 50.0 Å². The van der Waals surface area contributed by atoms with Crippen LogP contribution in [0.25, 0.3) is 0 Å². The Labute approximate surface area is 151 Å². The minimum absolute atomic E-state index is 0.149. The van der Waals surface area contributed by atoms with Crippen LogP contribution in [0.5, 0.6) is 0 Å². The van der Waals surface area contributed by atoms with Crippen LogP contribution in [0, 0.1) is 17.8 Å². The third-order valence-corrected chi connectivity index (χ3v) is 5.80. The molecule has 0 radical (unpaired) electrons. The second kappa shape index (κ2) is 10.1. The lowest BCUT2D eigenvalue weighted by Crippen LogP contribution is -2.17. The third-order valence-electron chi connectivity index (χ3n) is 5.80. The van der Waals surface area contributed by atoms with Gasteiger partial charge in [0, 0.05) is 12.3 Å². The van der Waals surface area contributed by atoms with E-state index in [4.69, 9.17) is 5.11 Å². The van der Waals surface area contributed by atoms with E-state index in [9.17, 15) is 15.0 Å². The molecule has 5 atom stereocenters. The molecule has 0 spiro atoms. The Kier molecular flexibility index (Phi) is 8.17. The van der Waals surface area contributed by atoms with Gasteiger partial charge in [0.25, 0.3) is 0 Å². The molecule has 0 heterocycles. The number of carboxylic acids is 1. The Morgan fingerprint density at radius 1 is 1.28 bits per heavy atom. The van der Waals surface area contributed by atoms with Crippen molar-refractivity contribution in [2.24, 2.45) is 17.8 Å². The summed E-state index contributed by atoms with van der Waals surface area (Å²) in [5.74, 6) is 0.427. The molecule has 3 N–H and O–H groups in total. The fourth-order valence-corrected chi connectivity index (χ4v) is 4.46. The van der Waals surface area contributed by atoms with E-state index in [-0.39, 0.29) is 18.4 Å². The first-order chi connectivity index (χ1) is 12.0. The van der Waals surface area contributed by atoms with Crippen molar-refractivity contribution in [2.45, 2.75) is 83.3 Å². The number of allylic oxidation sites excluding steroid dienone is 2. The Morgan fingerprint density at radius 2 is 2.08 bits per heavy atom. The van der Waals surface area contributed by atoms with E-state index in [1.54, 1.807) is 0 Å². The van der Waals surface area contributed by atoms with E-state index in [1.807, 2.05) is 6.08 Å². The van der Waals surface area contributed by atoms with Crippen molar-refractivity contribution in [1.82, 2.24) is 0 Å². The number of fused-ring (bicyclic) bond motifs is 1. The molecule has 4 heteroatoms. The minimum atomic E-state index is -0.729. The van der Waals surface area contributed by atoms with Crippen molar-refractivity contribution in [3.05, 3.63) is 23.8 Å². The van der Waals surface area contributed by atoms with Gasteiger partial charge in [0.15, 0.2) is 0 Å². The molecule has 2 rings (SSSR count). The lowest BCUT2D eigenvalue weighted by atomic mass is 9.90. The number of aliphatic carboxylic acids is 1. The van der Waals surface area contributed by atoms with Gasteiger partial charge in [0.1, 0.15) is 0 Å². The molecule has 2 saturated carbocycles. The van der Waals surface area contributed by atoms with Crippen LogP contribution in [-0.2, 0) is 4.79 Å². The zero-order chi connectivity index (χ0) is 18.2. The van der Waals surface area contributed by atoms with Gasteiger partial charge in [0.05, 0.1) is 12.2 Å². The Hall–Kier alpha value is -1.13. The minimum Gasteiger partial charge on any atom is -0.481 e. The van der Waals surface area contributed by atoms with Gasteiger partial charge in [-0.25, -0.2) is 0 Å². The van der Waals surface area contributed by atoms with E-state index >= 15 is 0 Å². The summed E-state index contributed by atoms with van der Waals surface area (Å²) in [4.78, 5) is 10.6. The number of hydrogen-bond donors (Lipinski definition) is 3. The highest BCUT2D eigenvalue weighted by molar-refractivity contribution is 5.66. The molecule has 0 saturated heterocycles. The Bertz CT molecular complexity index is 482. The largest absolute Gasteiger partial charge is 0.481 e. The second-order valence-electron chi connectivity index (χ2n) is 7.81. The molecule has 4 nitrogen and oxygen atoms in total. The van der Waals surface area contributed by atoms with E-state index < -0.39 is 12.1 Å². The Morgan fingerprint density at radius 3 is 2.80 bits per heavy atom. The highest BCUT2D eigenvalue weighted by atomic mass is 16.4. The number of aliphatic hydroxyl groups excluding tert-OH is 2. The molecule has 1 unspecified atom stereocenters. The molecule has 0 amide bonds. The van der Waals surface area contributed by atoms with Crippen LogP contribution in [0.4, 0.5) is 0 Å². The van der Waals surface area contributed by atoms with Gasteiger partial charge in [-0.3, -0.25) is 4.79 Å². The SMILES string of the molecule is CCCCCC(O)C=C[C@@H]1[C@H]2C/C(=C/CCCC(=O)O)C[C@H]2C[C@H]1O. The van der Waals surface area contributed by atoms with Crippen molar-refractivity contribution in [2.75, 3.05) is 0 Å². The summed E-state index contributed by atoms with van der Waals surface area (Å²) in [6.07, 6.45) is 14.3. The standard InChI is InChI=1S/C21H34O4/c1-2-3-4-8-17(22)10-11-18-19-13-15(7-5-6-9-21(24)25)12-16(19)14-20(18)23/h7,10-11,16-20,22-23H,2-6,8-9,12-14H2,1H3,(H,24,25)/b11-10?,15-7+/t16-,17?,18+,19-,20+/m0/s1. The van der Waals surface area contributed by atoms with Crippen LogP contribution < -0.4 is 0 Å². The van der Waals surface area contributed by atoms with E-state index in [0.717, 1.165) is 51.4 Å². The lowest BCUT2D eigenvalue weighted by Gasteiger charge is -2.17. The smallest absolute Gasteiger partial charge is 0.303 e. The Balaban J connectivity index is 1.83. The molecule has 2 aliphatic carbocycles. The molecule has 25 heavy (non-hydrogen) atoms. The summed E-state index contributed by atoms with van der Waals surface area (Å²) in [5, 5.41) is 29.1. The van der Waals surface area contributed by atoms with Gasteiger partial charge >= 0.3 is 5.97 Å². The average molecular weight is 350 g/mol. The van der Waals surface area contributed by atoms with Crippen LogP contribution in [0.3, 0.4) is 0 Å². The number of carbonyl (C=O) groups is 1. The number of aliphatic hydroxyl groups is 2. The number of hydrogen-bond acceptors (Lipinski definition) is 3. The molecule has 0 aromatic rings. The maximum absolute atomic E-state index is 10.6. The van der Waals surface area contributed by atoms with Crippen LogP contribution in [0.15, 0.2) is 23.8 Å². The van der Waals surface area contributed by atoms with Crippen molar-refractivity contribution >= 4 is 5.97 Å². The van der Waals surface area contributed by atoms with Gasteiger partial charge in [-0.2, -0.15) is 0 Å². The molecular weight excluding hydrogens is 316 g/mol. The molecule has 0 bridgehead atoms. The molecule has 142 valence electrons. The van der Waals surface area contributed by atoms with Crippen LogP contribution in [-0.4, -0.2) is 33.5 Å². The predicted octanol–water partition coefficient (Wildman–Crippen LogP) is 4.07. The summed E-state index contributed by atoms with van der Waals surface area (Å²) >= 11 is 0. The predicted molar refractivity (Wildman–Crippen MR) is 99.2 cm³/mol. The maximum atomic E-state index is 10.6. The maximum Gasteiger partial charge on any atom is 0.303 e.